The first-order valence-electron chi connectivity index (χ1n) is 6.41. The van der Waals surface area contributed by atoms with Gasteiger partial charge in [0, 0.05) is 6.54 Å². The van der Waals surface area contributed by atoms with Gasteiger partial charge in [0.1, 0.15) is 12.1 Å². The summed E-state index contributed by atoms with van der Waals surface area (Å²) < 4.78 is 11.4. The Kier molecular flexibility index (Phi) is 4.89. The Morgan fingerprint density at radius 2 is 2.19 bits per heavy atom. The predicted molar refractivity (Wildman–Crippen MR) is 75.8 cm³/mol. The number of carbonyl (C=O) groups is 1. The van der Waals surface area contributed by atoms with E-state index in [0.717, 1.165) is 17.9 Å². The van der Waals surface area contributed by atoms with Crippen molar-refractivity contribution in [3.63, 3.8) is 0 Å². The van der Waals surface area contributed by atoms with Crippen molar-refractivity contribution in [3.05, 3.63) is 42.0 Å². The van der Waals surface area contributed by atoms with Gasteiger partial charge in [0.25, 0.3) is 5.82 Å². The van der Waals surface area contributed by atoms with Crippen LogP contribution in [0.2, 0.25) is 0 Å². The van der Waals surface area contributed by atoms with Crippen LogP contribution in [0, 0.1) is 0 Å². The first-order chi connectivity index (χ1) is 10.1. The molecule has 1 aromatic heterocycles. The van der Waals surface area contributed by atoms with E-state index in [1.807, 2.05) is 36.2 Å². The normalized spacial score (nSPS) is 10.7. The Labute approximate surface area is 123 Å². The summed E-state index contributed by atoms with van der Waals surface area (Å²) in [4.78, 5) is 17.2. The van der Waals surface area contributed by atoms with Crippen LogP contribution >= 0.6 is 0 Å². The number of hydrogen-bond donors (Lipinski definition) is 0. The third-order valence-corrected chi connectivity index (χ3v) is 2.88. The molecule has 0 N–H and O–H groups in total. The predicted octanol–water partition coefficient (Wildman–Crippen LogP) is 1.16. The number of nitrogens with zero attached hydrogens (tertiary/aromatic N) is 4. The first-order valence-corrected chi connectivity index (χ1v) is 6.41. The lowest BCUT2D eigenvalue weighted by molar-refractivity contribution is 0.0585. The van der Waals surface area contributed by atoms with Crippen molar-refractivity contribution < 1.29 is 14.3 Å². The molecule has 0 aliphatic carbocycles. The molecule has 0 bridgehead atoms. The van der Waals surface area contributed by atoms with Crippen LogP contribution in [0.1, 0.15) is 16.2 Å². The highest BCUT2D eigenvalue weighted by molar-refractivity contribution is 5.84. The zero-order valence-electron chi connectivity index (χ0n) is 12.3. The van der Waals surface area contributed by atoms with Crippen molar-refractivity contribution in [2.75, 3.05) is 21.3 Å². The first kappa shape index (κ1) is 15.0. The molecule has 2 rings (SSSR count). The van der Waals surface area contributed by atoms with Gasteiger partial charge in [-0.3, -0.25) is 4.90 Å². The molecule has 0 aliphatic heterocycles. The van der Waals surface area contributed by atoms with E-state index in [9.17, 15) is 4.79 Å². The highest BCUT2D eigenvalue weighted by atomic mass is 16.5. The number of esters is 1. The van der Waals surface area contributed by atoms with Crippen LogP contribution < -0.4 is 4.74 Å². The van der Waals surface area contributed by atoms with E-state index in [0.29, 0.717) is 6.67 Å². The van der Waals surface area contributed by atoms with E-state index in [1.165, 1.54) is 13.4 Å². The maximum absolute atomic E-state index is 11.3. The van der Waals surface area contributed by atoms with Crippen LogP contribution in [0.3, 0.4) is 0 Å². The molecule has 7 nitrogen and oxygen atoms in total. The molecule has 0 aliphatic rings. The molecule has 21 heavy (non-hydrogen) atoms. The lowest BCUT2D eigenvalue weighted by Crippen LogP contribution is -2.22. The van der Waals surface area contributed by atoms with Crippen molar-refractivity contribution in [1.82, 2.24) is 19.7 Å². The van der Waals surface area contributed by atoms with Gasteiger partial charge >= 0.3 is 5.97 Å². The Morgan fingerprint density at radius 1 is 1.38 bits per heavy atom. The van der Waals surface area contributed by atoms with E-state index >= 15 is 0 Å². The Morgan fingerprint density at radius 3 is 2.90 bits per heavy atom. The van der Waals surface area contributed by atoms with Crippen molar-refractivity contribution >= 4 is 5.97 Å². The third kappa shape index (κ3) is 4.03. The summed E-state index contributed by atoms with van der Waals surface area (Å²) in [6, 6.07) is 7.87. The summed E-state index contributed by atoms with van der Waals surface area (Å²) in [6.45, 7) is 1.24. The van der Waals surface area contributed by atoms with E-state index in [-0.39, 0.29) is 5.82 Å². The molecule has 0 radical (unpaired) electrons. The second kappa shape index (κ2) is 6.85. The fourth-order valence-electron chi connectivity index (χ4n) is 1.93. The van der Waals surface area contributed by atoms with Crippen LogP contribution in [0.25, 0.3) is 0 Å². The quantitative estimate of drug-likeness (QED) is 0.744. The molecule has 0 amide bonds. The van der Waals surface area contributed by atoms with Crippen LogP contribution in [0.5, 0.6) is 5.75 Å². The third-order valence-electron chi connectivity index (χ3n) is 2.88. The van der Waals surface area contributed by atoms with E-state index in [1.54, 1.807) is 11.8 Å². The van der Waals surface area contributed by atoms with Crippen LogP contribution in [-0.4, -0.2) is 46.9 Å². The van der Waals surface area contributed by atoms with Gasteiger partial charge in [-0.05, 0) is 24.7 Å². The van der Waals surface area contributed by atoms with Crippen LogP contribution in [-0.2, 0) is 18.0 Å². The summed E-state index contributed by atoms with van der Waals surface area (Å²) in [7, 11) is 4.91. The van der Waals surface area contributed by atoms with Gasteiger partial charge in [-0.2, -0.15) is 0 Å². The van der Waals surface area contributed by atoms with Gasteiger partial charge in [0.15, 0.2) is 0 Å². The maximum Gasteiger partial charge on any atom is 0.377 e. The number of benzene rings is 1. The van der Waals surface area contributed by atoms with Gasteiger partial charge in [-0.25, -0.2) is 14.5 Å². The molecule has 0 spiro atoms. The fourth-order valence-corrected chi connectivity index (χ4v) is 1.93. The monoisotopic (exact) mass is 290 g/mol. The molecule has 0 atom stereocenters. The smallest absolute Gasteiger partial charge is 0.377 e. The molecule has 1 heterocycles. The lowest BCUT2D eigenvalue weighted by atomic mass is 10.2. The molecule has 1 aromatic carbocycles. The largest absolute Gasteiger partial charge is 0.497 e. The van der Waals surface area contributed by atoms with E-state index in [4.69, 9.17) is 4.74 Å². The Balaban J connectivity index is 1.96. The number of rotatable bonds is 6. The molecular weight excluding hydrogens is 272 g/mol. The molecule has 0 fully saturated rings. The average molecular weight is 290 g/mol. The highest BCUT2D eigenvalue weighted by Crippen LogP contribution is 2.14. The second-order valence-electron chi connectivity index (χ2n) is 4.61. The topological polar surface area (TPSA) is 69.5 Å². The molecule has 0 unspecified atom stereocenters. The second-order valence-corrected chi connectivity index (χ2v) is 4.61. The maximum atomic E-state index is 11.3. The minimum Gasteiger partial charge on any atom is -0.497 e. The summed E-state index contributed by atoms with van der Waals surface area (Å²) >= 11 is 0. The van der Waals surface area contributed by atoms with Gasteiger partial charge < -0.3 is 9.47 Å². The number of ether oxygens (including phenoxy) is 2. The molecule has 112 valence electrons. The van der Waals surface area contributed by atoms with Crippen molar-refractivity contribution in [2.24, 2.45) is 0 Å². The minimum absolute atomic E-state index is 0.0623. The van der Waals surface area contributed by atoms with Gasteiger partial charge in [-0.1, -0.05) is 12.1 Å². The highest BCUT2D eigenvalue weighted by Gasteiger charge is 2.12. The molecule has 0 saturated carbocycles. The molecular formula is C14H18N4O3. The summed E-state index contributed by atoms with van der Waals surface area (Å²) in [5.74, 6) is 0.353. The van der Waals surface area contributed by atoms with Gasteiger partial charge in [-0.15, -0.1) is 5.10 Å². The van der Waals surface area contributed by atoms with E-state index in [2.05, 4.69) is 14.8 Å². The van der Waals surface area contributed by atoms with Crippen molar-refractivity contribution in [2.45, 2.75) is 13.2 Å². The van der Waals surface area contributed by atoms with Crippen molar-refractivity contribution in [3.8, 4) is 5.75 Å². The zero-order valence-corrected chi connectivity index (χ0v) is 12.3. The van der Waals surface area contributed by atoms with Gasteiger partial charge in [0.05, 0.1) is 20.9 Å². The lowest BCUT2D eigenvalue weighted by Gasteiger charge is -2.16. The average Bonchev–Trinajstić information content (AvgIpc) is 2.94. The molecule has 0 saturated heterocycles. The van der Waals surface area contributed by atoms with Crippen LogP contribution in [0.4, 0.5) is 0 Å². The number of methoxy groups -OCH3 is 2. The number of carbonyl (C=O) groups excluding carboxylic acids is 1. The molecule has 7 heteroatoms. The summed E-state index contributed by atoms with van der Waals surface area (Å²) in [5, 5.41) is 4.06. The summed E-state index contributed by atoms with van der Waals surface area (Å²) in [6.07, 6.45) is 1.51. The van der Waals surface area contributed by atoms with E-state index < -0.39 is 5.97 Å². The minimum atomic E-state index is -0.538. The fraction of sp³-hybridized carbons (Fsp3) is 0.357. The SMILES string of the molecule is COC(=O)c1ncn(CN(C)Cc2cccc(OC)c2)n1. The number of hydrogen-bond acceptors (Lipinski definition) is 6. The van der Waals surface area contributed by atoms with Crippen molar-refractivity contribution in [1.29, 1.82) is 0 Å². The van der Waals surface area contributed by atoms with Crippen LogP contribution in [0.15, 0.2) is 30.6 Å². The van der Waals surface area contributed by atoms with Gasteiger partial charge in [0.2, 0.25) is 0 Å². The summed E-state index contributed by atoms with van der Waals surface area (Å²) in [5.41, 5.74) is 1.13. The Bertz CT molecular complexity index is 612. The zero-order chi connectivity index (χ0) is 15.2. The Hall–Kier alpha value is -2.41. The standard InChI is InChI=1S/C14H18N4O3/c1-17(8-11-5-4-6-12(7-11)20-2)10-18-9-15-13(16-18)14(19)21-3/h4-7,9H,8,10H2,1-3H3. The molecule has 2 aromatic rings. The number of aromatic nitrogens is 3.